The maximum Gasteiger partial charge on any atom is 0.0621 e. The molecule has 3 heteroatoms. The first-order valence-electron chi connectivity index (χ1n) is 7.09. The van der Waals surface area contributed by atoms with Crippen molar-refractivity contribution in [3.63, 3.8) is 0 Å². The standard InChI is InChI=1S/C15H24N2O/c1-3-13-7-8-14(16-10-13)11-17-9-5-6-15(17)12-18-4-2/h7-8,10,15H,3-6,9,11-12H2,1-2H3/t15-/m0/s1. The summed E-state index contributed by atoms with van der Waals surface area (Å²) in [6.45, 7) is 8.04. The molecule has 1 aromatic heterocycles. The molecule has 18 heavy (non-hydrogen) atoms. The Morgan fingerprint density at radius 3 is 2.94 bits per heavy atom. The fourth-order valence-corrected chi connectivity index (χ4v) is 2.51. The van der Waals surface area contributed by atoms with Gasteiger partial charge in [0.1, 0.15) is 0 Å². The molecule has 2 rings (SSSR count). The van der Waals surface area contributed by atoms with E-state index >= 15 is 0 Å². The van der Waals surface area contributed by atoms with Crippen molar-refractivity contribution in [3.8, 4) is 0 Å². The second-order valence-corrected chi connectivity index (χ2v) is 4.94. The molecule has 1 atom stereocenters. The molecule has 100 valence electrons. The number of ether oxygens (including phenoxy) is 1. The SMILES string of the molecule is CCOC[C@@H]1CCCN1Cc1ccc(CC)cn1. The van der Waals surface area contributed by atoms with Crippen molar-refractivity contribution < 1.29 is 4.74 Å². The van der Waals surface area contributed by atoms with E-state index in [2.05, 4.69) is 35.9 Å². The average Bonchev–Trinajstić information content (AvgIpc) is 2.84. The van der Waals surface area contributed by atoms with E-state index in [0.717, 1.165) is 26.2 Å². The van der Waals surface area contributed by atoms with Gasteiger partial charge >= 0.3 is 0 Å². The van der Waals surface area contributed by atoms with Crippen LogP contribution in [0.15, 0.2) is 18.3 Å². The average molecular weight is 248 g/mol. The van der Waals surface area contributed by atoms with Crippen LogP contribution in [0.1, 0.15) is 37.9 Å². The molecule has 0 radical (unpaired) electrons. The fraction of sp³-hybridized carbons (Fsp3) is 0.667. The smallest absolute Gasteiger partial charge is 0.0621 e. The van der Waals surface area contributed by atoms with Crippen molar-refractivity contribution in [1.82, 2.24) is 9.88 Å². The van der Waals surface area contributed by atoms with Crippen LogP contribution < -0.4 is 0 Å². The van der Waals surface area contributed by atoms with E-state index in [4.69, 9.17) is 4.74 Å². The zero-order valence-electron chi connectivity index (χ0n) is 11.6. The molecule has 0 saturated carbocycles. The monoisotopic (exact) mass is 248 g/mol. The van der Waals surface area contributed by atoms with Crippen LogP contribution in [0.3, 0.4) is 0 Å². The van der Waals surface area contributed by atoms with Crippen LogP contribution in [0.2, 0.25) is 0 Å². The van der Waals surface area contributed by atoms with Crippen LogP contribution in [0, 0.1) is 0 Å². The van der Waals surface area contributed by atoms with Gasteiger partial charge in [-0.25, -0.2) is 0 Å². The van der Waals surface area contributed by atoms with Crippen LogP contribution in [-0.2, 0) is 17.7 Å². The maximum atomic E-state index is 5.56. The quantitative estimate of drug-likeness (QED) is 0.774. The van der Waals surface area contributed by atoms with Gasteiger partial charge in [-0.2, -0.15) is 0 Å². The Bertz CT molecular complexity index is 350. The molecule has 1 fully saturated rings. The van der Waals surface area contributed by atoms with E-state index in [-0.39, 0.29) is 0 Å². The van der Waals surface area contributed by atoms with Crippen molar-refractivity contribution in [1.29, 1.82) is 0 Å². The molecule has 1 saturated heterocycles. The number of likely N-dealkylation sites (tertiary alicyclic amines) is 1. The Kier molecular flexibility index (Phi) is 5.14. The van der Waals surface area contributed by atoms with Gasteiger partial charge in [-0.15, -0.1) is 0 Å². The van der Waals surface area contributed by atoms with E-state index < -0.39 is 0 Å². The van der Waals surface area contributed by atoms with E-state index in [9.17, 15) is 0 Å². The number of hydrogen-bond acceptors (Lipinski definition) is 3. The minimum absolute atomic E-state index is 0.581. The second kappa shape index (κ2) is 6.86. The minimum Gasteiger partial charge on any atom is -0.380 e. The first-order valence-corrected chi connectivity index (χ1v) is 7.09. The topological polar surface area (TPSA) is 25.4 Å². The summed E-state index contributed by atoms with van der Waals surface area (Å²) in [6.07, 6.45) is 5.60. The number of nitrogens with zero attached hydrogens (tertiary/aromatic N) is 2. The van der Waals surface area contributed by atoms with E-state index in [0.29, 0.717) is 6.04 Å². The molecule has 0 aliphatic carbocycles. The first-order chi connectivity index (χ1) is 8.83. The zero-order chi connectivity index (χ0) is 12.8. The molecule has 0 aromatic carbocycles. The predicted molar refractivity (Wildman–Crippen MR) is 73.5 cm³/mol. The highest BCUT2D eigenvalue weighted by Gasteiger charge is 2.24. The normalized spacial score (nSPS) is 20.4. The van der Waals surface area contributed by atoms with Crippen LogP contribution in [-0.4, -0.2) is 35.7 Å². The molecule has 0 N–H and O–H groups in total. The van der Waals surface area contributed by atoms with E-state index in [1.807, 2.05) is 6.20 Å². The third kappa shape index (κ3) is 3.53. The lowest BCUT2D eigenvalue weighted by molar-refractivity contribution is 0.0819. The summed E-state index contributed by atoms with van der Waals surface area (Å²) >= 11 is 0. The van der Waals surface area contributed by atoms with Crippen molar-refractivity contribution in [2.24, 2.45) is 0 Å². The van der Waals surface area contributed by atoms with Gasteiger partial charge in [0.25, 0.3) is 0 Å². The second-order valence-electron chi connectivity index (χ2n) is 4.94. The summed E-state index contributed by atoms with van der Waals surface area (Å²) in [5.74, 6) is 0. The molecule has 1 aliphatic heterocycles. The van der Waals surface area contributed by atoms with Gasteiger partial charge in [-0.05, 0) is 44.4 Å². The van der Waals surface area contributed by atoms with Gasteiger partial charge in [0.05, 0.1) is 12.3 Å². The van der Waals surface area contributed by atoms with Crippen molar-refractivity contribution in [3.05, 3.63) is 29.6 Å². The predicted octanol–water partition coefficient (Wildman–Crippen LogP) is 2.64. The lowest BCUT2D eigenvalue weighted by Gasteiger charge is -2.23. The van der Waals surface area contributed by atoms with Crippen LogP contribution in [0.25, 0.3) is 0 Å². The van der Waals surface area contributed by atoms with Gasteiger partial charge in [0.2, 0.25) is 0 Å². The zero-order valence-corrected chi connectivity index (χ0v) is 11.6. The lowest BCUT2D eigenvalue weighted by atomic mass is 10.2. The first kappa shape index (κ1) is 13.5. The largest absolute Gasteiger partial charge is 0.380 e. The fourth-order valence-electron chi connectivity index (χ4n) is 2.51. The molecule has 1 aromatic rings. The van der Waals surface area contributed by atoms with Crippen molar-refractivity contribution in [2.45, 2.75) is 45.7 Å². The van der Waals surface area contributed by atoms with Crippen molar-refractivity contribution in [2.75, 3.05) is 19.8 Å². The van der Waals surface area contributed by atoms with Gasteiger partial charge in [0, 0.05) is 25.4 Å². The maximum absolute atomic E-state index is 5.56. The van der Waals surface area contributed by atoms with Gasteiger partial charge in [0.15, 0.2) is 0 Å². The number of aromatic nitrogens is 1. The molecule has 0 unspecified atom stereocenters. The third-order valence-electron chi connectivity index (χ3n) is 3.67. The summed E-state index contributed by atoms with van der Waals surface area (Å²) in [4.78, 5) is 7.05. The Morgan fingerprint density at radius 1 is 1.39 bits per heavy atom. The van der Waals surface area contributed by atoms with Gasteiger partial charge in [-0.1, -0.05) is 13.0 Å². The molecule has 3 nitrogen and oxygen atoms in total. The van der Waals surface area contributed by atoms with Crippen LogP contribution in [0.5, 0.6) is 0 Å². The number of hydrogen-bond donors (Lipinski definition) is 0. The minimum atomic E-state index is 0.581. The lowest BCUT2D eigenvalue weighted by Crippen LogP contribution is -2.33. The molecule has 0 amide bonds. The van der Waals surface area contributed by atoms with Gasteiger partial charge in [-0.3, -0.25) is 9.88 Å². The van der Waals surface area contributed by atoms with Gasteiger partial charge < -0.3 is 4.74 Å². The highest BCUT2D eigenvalue weighted by molar-refractivity contribution is 5.14. The summed E-state index contributed by atoms with van der Waals surface area (Å²) < 4.78 is 5.56. The van der Waals surface area contributed by atoms with Crippen molar-refractivity contribution >= 4 is 0 Å². The molecule has 0 bridgehead atoms. The summed E-state index contributed by atoms with van der Waals surface area (Å²) in [7, 11) is 0. The van der Waals surface area contributed by atoms with Crippen LogP contribution >= 0.6 is 0 Å². The molecule has 1 aliphatic rings. The Hall–Kier alpha value is -0.930. The highest BCUT2D eigenvalue weighted by atomic mass is 16.5. The third-order valence-corrected chi connectivity index (χ3v) is 3.67. The molecule has 2 heterocycles. The summed E-state index contributed by atoms with van der Waals surface area (Å²) in [5.41, 5.74) is 2.49. The summed E-state index contributed by atoms with van der Waals surface area (Å²) in [6, 6.07) is 4.93. The molecular weight excluding hydrogens is 224 g/mol. The summed E-state index contributed by atoms with van der Waals surface area (Å²) in [5, 5.41) is 0. The molecular formula is C15H24N2O. The Labute approximate surface area is 110 Å². The van der Waals surface area contributed by atoms with E-state index in [1.54, 1.807) is 0 Å². The molecule has 0 spiro atoms. The van der Waals surface area contributed by atoms with Crippen LogP contribution in [0.4, 0.5) is 0 Å². The number of pyridine rings is 1. The van der Waals surface area contributed by atoms with E-state index in [1.165, 1.54) is 30.6 Å². The Balaban J connectivity index is 1.90. The number of rotatable bonds is 6. The highest BCUT2D eigenvalue weighted by Crippen LogP contribution is 2.19. The Morgan fingerprint density at radius 2 is 2.28 bits per heavy atom. The number of aryl methyl sites for hydroxylation is 1.